The predicted molar refractivity (Wildman–Crippen MR) is 80.0 cm³/mol. The van der Waals surface area contributed by atoms with E-state index >= 15 is 0 Å². The molecule has 4 nitrogen and oxygen atoms in total. The van der Waals surface area contributed by atoms with Crippen molar-refractivity contribution in [2.45, 2.75) is 19.0 Å². The van der Waals surface area contributed by atoms with Gasteiger partial charge >= 0.3 is 5.97 Å². The topological polar surface area (TPSA) is 44.8 Å². The van der Waals surface area contributed by atoms with Gasteiger partial charge in [-0.25, -0.2) is 4.39 Å². The molecule has 1 atom stereocenters. The second-order valence-corrected chi connectivity index (χ2v) is 5.59. The van der Waals surface area contributed by atoms with Crippen molar-refractivity contribution >= 4 is 27.4 Å². The van der Waals surface area contributed by atoms with Crippen LogP contribution in [0, 0.1) is 0 Å². The normalized spacial score (nSPS) is 12.2. The van der Waals surface area contributed by atoms with E-state index in [2.05, 4.69) is 4.74 Å². The van der Waals surface area contributed by atoms with E-state index in [1.54, 1.807) is 20.3 Å². The molecule has 1 heterocycles. The van der Waals surface area contributed by atoms with Gasteiger partial charge in [-0.2, -0.15) is 0 Å². The fourth-order valence-corrected chi connectivity index (χ4v) is 3.12. The van der Waals surface area contributed by atoms with Gasteiger partial charge in [0.1, 0.15) is 6.17 Å². The first-order chi connectivity index (χ1) is 10.1. The summed E-state index contributed by atoms with van der Waals surface area (Å²) < 4.78 is 30.1. The second-order valence-electron chi connectivity index (χ2n) is 4.48. The van der Waals surface area contributed by atoms with Gasteiger partial charge in [-0.1, -0.05) is 0 Å². The molecule has 0 fully saturated rings. The summed E-state index contributed by atoms with van der Waals surface area (Å²) in [6.07, 6.45) is -0.995. The van der Waals surface area contributed by atoms with E-state index < -0.39 is 12.1 Å². The second kappa shape index (κ2) is 6.76. The van der Waals surface area contributed by atoms with Crippen molar-refractivity contribution in [3.05, 3.63) is 23.1 Å². The number of rotatable bonds is 6. The monoisotopic (exact) mass is 312 g/mol. The Morgan fingerprint density at radius 1 is 1.19 bits per heavy atom. The maximum atomic E-state index is 14.2. The lowest BCUT2D eigenvalue weighted by Crippen LogP contribution is -2.01. The van der Waals surface area contributed by atoms with Crippen LogP contribution in [-0.4, -0.2) is 27.3 Å². The van der Waals surface area contributed by atoms with Crippen LogP contribution >= 0.6 is 11.3 Å². The van der Waals surface area contributed by atoms with Crippen molar-refractivity contribution in [1.82, 2.24) is 0 Å². The van der Waals surface area contributed by atoms with Crippen molar-refractivity contribution in [3.63, 3.8) is 0 Å². The number of hydrogen-bond acceptors (Lipinski definition) is 5. The molecule has 0 bridgehead atoms. The highest BCUT2D eigenvalue weighted by Gasteiger charge is 2.17. The van der Waals surface area contributed by atoms with E-state index in [-0.39, 0.29) is 12.8 Å². The van der Waals surface area contributed by atoms with Gasteiger partial charge in [0, 0.05) is 22.1 Å². The summed E-state index contributed by atoms with van der Waals surface area (Å²) in [6, 6.07) is 5.43. The van der Waals surface area contributed by atoms with Crippen molar-refractivity contribution in [1.29, 1.82) is 0 Å². The molecule has 21 heavy (non-hydrogen) atoms. The highest BCUT2D eigenvalue weighted by Crippen LogP contribution is 2.39. The minimum Gasteiger partial charge on any atom is -0.493 e. The third-order valence-corrected chi connectivity index (χ3v) is 4.36. The molecule has 2 rings (SSSR count). The summed E-state index contributed by atoms with van der Waals surface area (Å²) in [5.74, 6) is 0.824. The molecule has 1 aromatic heterocycles. The predicted octanol–water partition coefficient (Wildman–Crippen LogP) is 3.88. The number of halogens is 1. The molecule has 0 saturated heterocycles. The Morgan fingerprint density at radius 3 is 2.48 bits per heavy atom. The highest BCUT2D eigenvalue weighted by atomic mass is 32.1. The SMILES string of the molecule is COC(=O)CCC(F)c1cc2cc(OC)c(OC)cc2s1. The van der Waals surface area contributed by atoms with E-state index in [4.69, 9.17) is 9.47 Å². The number of hydrogen-bond donors (Lipinski definition) is 0. The number of methoxy groups -OCH3 is 3. The van der Waals surface area contributed by atoms with E-state index in [0.29, 0.717) is 16.4 Å². The lowest BCUT2D eigenvalue weighted by molar-refractivity contribution is -0.141. The number of carbonyl (C=O) groups is 1. The van der Waals surface area contributed by atoms with Crippen molar-refractivity contribution in [3.8, 4) is 11.5 Å². The van der Waals surface area contributed by atoms with Crippen molar-refractivity contribution in [2.24, 2.45) is 0 Å². The Labute approximate surface area is 126 Å². The minimum absolute atomic E-state index is 0.0680. The number of benzene rings is 1. The van der Waals surface area contributed by atoms with Gasteiger partial charge in [-0.15, -0.1) is 11.3 Å². The van der Waals surface area contributed by atoms with Gasteiger partial charge < -0.3 is 14.2 Å². The fraction of sp³-hybridized carbons (Fsp3) is 0.400. The Morgan fingerprint density at radius 2 is 1.86 bits per heavy atom. The number of esters is 1. The van der Waals surface area contributed by atoms with Gasteiger partial charge in [0.25, 0.3) is 0 Å². The van der Waals surface area contributed by atoms with Crippen LogP contribution < -0.4 is 9.47 Å². The van der Waals surface area contributed by atoms with E-state index in [9.17, 15) is 9.18 Å². The molecule has 1 unspecified atom stereocenters. The Bertz CT molecular complexity index is 597. The summed E-state index contributed by atoms with van der Waals surface area (Å²) >= 11 is 1.35. The zero-order chi connectivity index (χ0) is 15.4. The Hall–Kier alpha value is -1.82. The Kier molecular flexibility index (Phi) is 5.01. The summed E-state index contributed by atoms with van der Waals surface area (Å²) in [5.41, 5.74) is 0. The maximum Gasteiger partial charge on any atom is 0.305 e. The first kappa shape index (κ1) is 15.6. The zero-order valence-corrected chi connectivity index (χ0v) is 13.0. The van der Waals surface area contributed by atoms with Crippen LogP contribution in [0.5, 0.6) is 11.5 Å². The molecule has 6 heteroatoms. The molecule has 0 aliphatic carbocycles. The molecule has 1 aromatic carbocycles. The van der Waals surface area contributed by atoms with Crippen molar-refractivity contribution < 1.29 is 23.4 Å². The van der Waals surface area contributed by atoms with Crippen molar-refractivity contribution in [2.75, 3.05) is 21.3 Å². The van der Waals surface area contributed by atoms with Gasteiger partial charge in [0.2, 0.25) is 0 Å². The van der Waals surface area contributed by atoms with E-state index in [0.717, 1.165) is 10.1 Å². The average molecular weight is 312 g/mol. The first-order valence-corrected chi connectivity index (χ1v) is 7.27. The van der Waals surface area contributed by atoms with Crippen LogP contribution in [-0.2, 0) is 9.53 Å². The molecule has 0 amide bonds. The molecule has 0 aliphatic rings. The third-order valence-electron chi connectivity index (χ3n) is 3.18. The quantitative estimate of drug-likeness (QED) is 0.759. The Balaban J connectivity index is 2.23. The fourth-order valence-electron chi connectivity index (χ4n) is 2.03. The minimum atomic E-state index is -1.18. The average Bonchev–Trinajstić information content (AvgIpc) is 2.93. The lowest BCUT2D eigenvalue weighted by Gasteiger charge is -2.06. The molecule has 0 radical (unpaired) electrons. The number of fused-ring (bicyclic) bond motifs is 1. The largest absolute Gasteiger partial charge is 0.493 e. The van der Waals surface area contributed by atoms with Gasteiger partial charge in [0.15, 0.2) is 11.5 Å². The van der Waals surface area contributed by atoms with Crippen LogP contribution in [0.15, 0.2) is 18.2 Å². The van der Waals surface area contributed by atoms with Crippen LogP contribution in [0.4, 0.5) is 4.39 Å². The number of ether oxygens (including phenoxy) is 3. The summed E-state index contributed by atoms with van der Waals surface area (Å²) in [6.45, 7) is 0. The number of alkyl halides is 1. The smallest absolute Gasteiger partial charge is 0.305 e. The lowest BCUT2D eigenvalue weighted by atomic mass is 10.1. The summed E-state index contributed by atoms with van der Waals surface area (Å²) in [5, 5.41) is 0.897. The molecular formula is C15H17FO4S. The van der Waals surface area contributed by atoms with Crippen LogP contribution in [0.1, 0.15) is 23.9 Å². The van der Waals surface area contributed by atoms with Gasteiger partial charge in [-0.05, 0) is 23.9 Å². The maximum absolute atomic E-state index is 14.2. The zero-order valence-electron chi connectivity index (χ0n) is 12.1. The first-order valence-electron chi connectivity index (χ1n) is 6.45. The number of carbonyl (C=O) groups excluding carboxylic acids is 1. The van der Waals surface area contributed by atoms with E-state index in [1.165, 1.54) is 18.4 Å². The highest BCUT2D eigenvalue weighted by molar-refractivity contribution is 7.19. The molecule has 114 valence electrons. The summed E-state index contributed by atoms with van der Waals surface area (Å²) in [7, 11) is 4.42. The van der Waals surface area contributed by atoms with Crippen LogP contribution in [0.2, 0.25) is 0 Å². The molecule has 2 aromatic rings. The van der Waals surface area contributed by atoms with E-state index in [1.807, 2.05) is 12.1 Å². The third kappa shape index (κ3) is 3.44. The molecule has 0 N–H and O–H groups in total. The van der Waals surface area contributed by atoms with Crippen LogP contribution in [0.25, 0.3) is 10.1 Å². The molecule has 0 spiro atoms. The standard InChI is InChI=1S/C15H17FO4S/c1-18-11-6-9-7-14(10(16)4-5-15(17)20-3)21-13(9)8-12(11)19-2/h6-8,10H,4-5H2,1-3H3. The number of thiophene rings is 1. The van der Waals surface area contributed by atoms with Gasteiger partial charge in [-0.3, -0.25) is 4.79 Å². The molecular weight excluding hydrogens is 295 g/mol. The van der Waals surface area contributed by atoms with Crippen LogP contribution in [0.3, 0.4) is 0 Å². The summed E-state index contributed by atoms with van der Waals surface area (Å²) in [4.78, 5) is 11.7. The molecule has 0 saturated carbocycles. The van der Waals surface area contributed by atoms with Gasteiger partial charge in [0.05, 0.1) is 21.3 Å². The molecule has 0 aliphatic heterocycles.